The molecular weight excluding hydrogens is 168 g/mol. The molecule has 0 spiro atoms. The summed E-state index contributed by atoms with van der Waals surface area (Å²) < 4.78 is 4.97. The fraction of sp³-hybridized carbons (Fsp3) is 0.800. The molecule has 0 N–H and O–H groups in total. The van der Waals surface area contributed by atoms with Gasteiger partial charge in [0.25, 0.3) is 0 Å². The van der Waals surface area contributed by atoms with Crippen LogP contribution in [0.4, 0.5) is 0 Å². The lowest BCUT2D eigenvalue weighted by Crippen LogP contribution is -2.21. The first-order chi connectivity index (χ1) is 6.27. The molecule has 0 aromatic carbocycles. The molecule has 1 aliphatic carbocycles. The van der Waals surface area contributed by atoms with Gasteiger partial charge in [-0.05, 0) is 12.8 Å². The van der Waals surface area contributed by atoms with E-state index in [2.05, 4.69) is 0 Å². The van der Waals surface area contributed by atoms with Crippen LogP contribution in [0.2, 0.25) is 0 Å². The van der Waals surface area contributed by atoms with E-state index in [1.807, 2.05) is 0 Å². The summed E-state index contributed by atoms with van der Waals surface area (Å²) in [5.74, 6) is 0.414. The molecule has 2 atom stereocenters. The third-order valence-electron chi connectivity index (χ3n) is 3.02. The van der Waals surface area contributed by atoms with E-state index in [4.69, 9.17) is 4.74 Å². The standard InChI is InChI=1S/C10H14O3/c11-8-3-1-2-4-9-7(5-8)6-13-10(9)12/h7,9H,1-6H2/t7-,9-/m0/s1. The number of carbonyl (C=O) groups is 2. The Morgan fingerprint density at radius 2 is 2.08 bits per heavy atom. The molecule has 1 saturated heterocycles. The third kappa shape index (κ3) is 1.74. The van der Waals surface area contributed by atoms with Crippen LogP contribution in [0.3, 0.4) is 0 Å². The maximum atomic E-state index is 11.3. The lowest BCUT2D eigenvalue weighted by atomic mass is 9.83. The van der Waals surface area contributed by atoms with Gasteiger partial charge in [-0.2, -0.15) is 0 Å². The van der Waals surface area contributed by atoms with Gasteiger partial charge >= 0.3 is 5.97 Å². The quantitative estimate of drug-likeness (QED) is 0.530. The fourth-order valence-electron chi connectivity index (χ4n) is 2.24. The van der Waals surface area contributed by atoms with E-state index in [0.29, 0.717) is 25.2 Å². The van der Waals surface area contributed by atoms with Crippen molar-refractivity contribution < 1.29 is 14.3 Å². The number of Topliss-reactive ketones (excluding diaryl/α,β-unsaturated/α-hetero) is 1. The summed E-state index contributed by atoms with van der Waals surface area (Å²) in [5.41, 5.74) is 0. The molecule has 72 valence electrons. The van der Waals surface area contributed by atoms with Crippen LogP contribution in [-0.2, 0) is 14.3 Å². The van der Waals surface area contributed by atoms with E-state index >= 15 is 0 Å². The molecular formula is C10H14O3. The smallest absolute Gasteiger partial charge is 0.309 e. The lowest BCUT2D eigenvalue weighted by molar-refractivity contribution is -0.141. The van der Waals surface area contributed by atoms with Crippen molar-refractivity contribution in [3.8, 4) is 0 Å². The molecule has 2 aliphatic rings. The van der Waals surface area contributed by atoms with E-state index in [1.165, 1.54) is 0 Å². The van der Waals surface area contributed by atoms with E-state index in [1.54, 1.807) is 0 Å². The first kappa shape index (κ1) is 8.73. The normalized spacial score (nSPS) is 34.8. The van der Waals surface area contributed by atoms with Crippen LogP contribution in [0.15, 0.2) is 0 Å². The number of fused-ring (bicyclic) bond motifs is 1. The maximum absolute atomic E-state index is 11.3. The van der Waals surface area contributed by atoms with Crippen molar-refractivity contribution in [1.82, 2.24) is 0 Å². The highest BCUT2D eigenvalue weighted by atomic mass is 16.5. The van der Waals surface area contributed by atoms with E-state index < -0.39 is 0 Å². The summed E-state index contributed by atoms with van der Waals surface area (Å²) in [6, 6.07) is 0. The molecule has 1 heterocycles. The average molecular weight is 182 g/mol. The Hall–Kier alpha value is -0.860. The van der Waals surface area contributed by atoms with Crippen molar-refractivity contribution in [3.05, 3.63) is 0 Å². The number of esters is 1. The van der Waals surface area contributed by atoms with Gasteiger partial charge in [0.1, 0.15) is 5.78 Å². The van der Waals surface area contributed by atoms with Gasteiger partial charge < -0.3 is 4.74 Å². The molecule has 1 saturated carbocycles. The molecule has 0 amide bonds. The predicted molar refractivity (Wildman–Crippen MR) is 46.0 cm³/mol. The molecule has 2 fully saturated rings. The Morgan fingerprint density at radius 1 is 1.23 bits per heavy atom. The lowest BCUT2D eigenvalue weighted by Gasteiger charge is -2.17. The van der Waals surface area contributed by atoms with E-state index in [9.17, 15) is 9.59 Å². The molecule has 1 aliphatic heterocycles. The van der Waals surface area contributed by atoms with Gasteiger partial charge in [0.15, 0.2) is 0 Å². The van der Waals surface area contributed by atoms with Gasteiger partial charge in [0.2, 0.25) is 0 Å². The zero-order valence-corrected chi connectivity index (χ0v) is 7.62. The van der Waals surface area contributed by atoms with Crippen molar-refractivity contribution in [3.63, 3.8) is 0 Å². The van der Waals surface area contributed by atoms with Crippen molar-refractivity contribution >= 4 is 11.8 Å². The van der Waals surface area contributed by atoms with Crippen molar-refractivity contribution in [2.24, 2.45) is 11.8 Å². The molecule has 0 aromatic rings. The van der Waals surface area contributed by atoms with Crippen LogP contribution < -0.4 is 0 Å². The summed E-state index contributed by atoms with van der Waals surface area (Å²) in [7, 11) is 0. The van der Waals surface area contributed by atoms with Gasteiger partial charge in [0.05, 0.1) is 12.5 Å². The number of cyclic esters (lactones) is 1. The first-order valence-corrected chi connectivity index (χ1v) is 4.95. The van der Waals surface area contributed by atoms with Crippen molar-refractivity contribution in [2.75, 3.05) is 6.61 Å². The SMILES string of the molecule is O=C1CCCC[C@@H]2C(=O)OC[C@@H]2C1. The molecule has 0 unspecified atom stereocenters. The molecule has 3 nitrogen and oxygen atoms in total. The second kappa shape index (κ2) is 3.48. The summed E-state index contributed by atoms with van der Waals surface area (Å²) in [4.78, 5) is 22.6. The Bertz CT molecular complexity index is 234. The number of carbonyl (C=O) groups excluding carboxylic acids is 2. The minimum Gasteiger partial charge on any atom is -0.465 e. The van der Waals surface area contributed by atoms with Gasteiger partial charge in [-0.3, -0.25) is 9.59 Å². The monoisotopic (exact) mass is 182 g/mol. The van der Waals surface area contributed by atoms with Gasteiger partial charge in [0, 0.05) is 18.8 Å². The Kier molecular flexibility index (Phi) is 2.34. The molecule has 2 rings (SSSR count). The van der Waals surface area contributed by atoms with Crippen molar-refractivity contribution in [2.45, 2.75) is 32.1 Å². The highest BCUT2D eigenvalue weighted by Gasteiger charge is 2.38. The van der Waals surface area contributed by atoms with E-state index in [-0.39, 0.29) is 17.8 Å². The number of hydrogen-bond acceptors (Lipinski definition) is 3. The van der Waals surface area contributed by atoms with Crippen LogP contribution in [0.5, 0.6) is 0 Å². The first-order valence-electron chi connectivity index (χ1n) is 4.95. The number of rotatable bonds is 0. The topological polar surface area (TPSA) is 43.4 Å². The molecule has 0 bridgehead atoms. The number of ketones is 1. The Morgan fingerprint density at radius 3 is 2.92 bits per heavy atom. The minimum atomic E-state index is -0.0836. The highest BCUT2D eigenvalue weighted by molar-refractivity contribution is 5.81. The van der Waals surface area contributed by atoms with Gasteiger partial charge in [-0.1, -0.05) is 6.42 Å². The van der Waals surface area contributed by atoms with Crippen molar-refractivity contribution in [1.29, 1.82) is 0 Å². The highest BCUT2D eigenvalue weighted by Crippen LogP contribution is 2.32. The minimum absolute atomic E-state index is 0.0178. The zero-order chi connectivity index (χ0) is 9.26. The Balaban J connectivity index is 2.07. The predicted octanol–water partition coefficient (Wildman–Crippen LogP) is 1.31. The van der Waals surface area contributed by atoms with Gasteiger partial charge in [-0.15, -0.1) is 0 Å². The van der Waals surface area contributed by atoms with E-state index in [0.717, 1.165) is 19.3 Å². The van der Waals surface area contributed by atoms with Crippen LogP contribution >= 0.6 is 0 Å². The maximum Gasteiger partial charge on any atom is 0.309 e. The third-order valence-corrected chi connectivity index (χ3v) is 3.02. The average Bonchev–Trinajstić information content (AvgIpc) is 2.38. The molecule has 0 aromatic heterocycles. The van der Waals surface area contributed by atoms with Crippen LogP contribution in [0, 0.1) is 11.8 Å². The van der Waals surface area contributed by atoms with Crippen LogP contribution in [0.1, 0.15) is 32.1 Å². The van der Waals surface area contributed by atoms with Crippen LogP contribution in [-0.4, -0.2) is 18.4 Å². The van der Waals surface area contributed by atoms with Crippen LogP contribution in [0.25, 0.3) is 0 Å². The largest absolute Gasteiger partial charge is 0.465 e. The fourth-order valence-corrected chi connectivity index (χ4v) is 2.24. The molecule has 13 heavy (non-hydrogen) atoms. The summed E-state index contributed by atoms with van der Waals surface area (Å²) in [6.07, 6.45) is 4.09. The number of hydrogen-bond donors (Lipinski definition) is 0. The zero-order valence-electron chi connectivity index (χ0n) is 7.62. The summed E-state index contributed by atoms with van der Waals surface area (Å²) in [6.45, 7) is 0.468. The summed E-state index contributed by atoms with van der Waals surface area (Å²) in [5, 5.41) is 0. The molecule has 0 radical (unpaired) electrons. The Labute approximate surface area is 77.4 Å². The molecule has 3 heteroatoms. The van der Waals surface area contributed by atoms with Gasteiger partial charge in [-0.25, -0.2) is 0 Å². The summed E-state index contributed by atoms with van der Waals surface area (Å²) >= 11 is 0. The number of ether oxygens (including phenoxy) is 1. The second-order valence-corrected chi connectivity index (χ2v) is 3.99. The second-order valence-electron chi connectivity index (χ2n) is 3.99.